The van der Waals surface area contributed by atoms with E-state index in [1.54, 1.807) is 0 Å². The van der Waals surface area contributed by atoms with Gasteiger partial charge in [0.05, 0.1) is 0 Å². The van der Waals surface area contributed by atoms with Crippen LogP contribution in [-0.4, -0.2) is 36.5 Å². The maximum Gasteiger partial charge on any atom is 0.249 e. The Labute approximate surface area is 76.3 Å². The fraction of sp³-hybridized carbons (Fsp3) is 0.750. The summed E-state index contributed by atoms with van der Waals surface area (Å²) in [6, 6.07) is -0.348. The zero-order valence-electron chi connectivity index (χ0n) is 7.52. The number of hydrogen-bond donors (Lipinski definition) is 3. The first-order chi connectivity index (χ1) is 6.18. The van der Waals surface area contributed by atoms with E-state index in [0.29, 0.717) is 19.5 Å². The summed E-state index contributed by atoms with van der Waals surface area (Å²) in [6.45, 7) is 2.96. The maximum atomic E-state index is 11.5. The molecule has 5 heteroatoms. The van der Waals surface area contributed by atoms with Crippen LogP contribution in [0.2, 0.25) is 0 Å². The zero-order valence-corrected chi connectivity index (χ0v) is 7.52. The van der Waals surface area contributed by atoms with Gasteiger partial charge in [0.15, 0.2) is 0 Å². The first-order valence-electron chi connectivity index (χ1n) is 4.52. The standard InChI is InChI=1S/C8H13N3O2/c1-2-5-6(12)11-8(3-9-4-8)7(13)10-5/h5,9H,2-4H2,1H3,(H,10,13)(H,11,12). The Kier molecular flexibility index (Phi) is 1.76. The molecule has 72 valence electrons. The summed E-state index contributed by atoms with van der Waals surface area (Å²) in [7, 11) is 0. The molecule has 0 aromatic rings. The van der Waals surface area contributed by atoms with Crippen molar-refractivity contribution >= 4 is 11.8 Å². The fourth-order valence-electron chi connectivity index (χ4n) is 1.65. The van der Waals surface area contributed by atoms with Crippen LogP contribution in [0.25, 0.3) is 0 Å². The third-order valence-electron chi connectivity index (χ3n) is 2.68. The molecule has 0 aliphatic carbocycles. The maximum absolute atomic E-state index is 11.5. The van der Waals surface area contributed by atoms with E-state index in [1.165, 1.54) is 0 Å². The Morgan fingerprint density at radius 1 is 1.46 bits per heavy atom. The van der Waals surface area contributed by atoms with Gasteiger partial charge in [-0.15, -0.1) is 0 Å². The van der Waals surface area contributed by atoms with Gasteiger partial charge >= 0.3 is 0 Å². The summed E-state index contributed by atoms with van der Waals surface area (Å²) >= 11 is 0. The number of nitrogens with one attached hydrogen (secondary N) is 3. The molecule has 2 fully saturated rings. The van der Waals surface area contributed by atoms with Crippen molar-refractivity contribution in [1.29, 1.82) is 0 Å². The van der Waals surface area contributed by atoms with Gasteiger partial charge in [-0.25, -0.2) is 0 Å². The molecule has 2 aliphatic heterocycles. The highest BCUT2D eigenvalue weighted by molar-refractivity contribution is 6.00. The monoisotopic (exact) mass is 183 g/mol. The Morgan fingerprint density at radius 2 is 2.15 bits per heavy atom. The number of rotatable bonds is 1. The molecule has 2 rings (SSSR count). The van der Waals surface area contributed by atoms with Crippen LogP contribution in [0, 0.1) is 0 Å². The fourth-order valence-corrected chi connectivity index (χ4v) is 1.65. The van der Waals surface area contributed by atoms with Gasteiger partial charge in [-0.05, 0) is 6.42 Å². The molecule has 3 N–H and O–H groups in total. The van der Waals surface area contributed by atoms with Gasteiger partial charge in [0.1, 0.15) is 11.6 Å². The topological polar surface area (TPSA) is 70.2 Å². The molecule has 1 unspecified atom stereocenters. The third-order valence-corrected chi connectivity index (χ3v) is 2.68. The minimum atomic E-state index is -0.650. The molecule has 2 heterocycles. The van der Waals surface area contributed by atoms with Crippen LogP contribution in [0.15, 0.2) is 0 Å². The molecule has 2 aliphatic rings. The van der Waals surface area contributed by atoms with E-state index in [9.17, 15) is 9.59 Å². The summed E-state index contributed by atoms with van der Waals surface area (Å²) < 4.78 is 0. The highest BCUT2D eigenvalue weighted by Gasteiger charge is 2.50. The predicted octanol–water partition coefficient (Wildman–Crippen LogP) is -1.65. The van der Waals surface area contributed by atoms with Gasteiger partial charge in [0.2, 0.25) is 11.8 Å². The number of carbonyl (C=O) groups is 2. The van der Waals surface area contributed by atoms with Crippen molar-refractivity contribution in [3.8, 4) is 0 Å². The lowest BCUT2D eigenvalue weighted by atomic mass is 9.88. The van der Waals surface area contributed by atoms with E-state index >= 15 is 0 Å². The van der Waals surface area contributed by atoms with Gasteiger partial charge in [-0.1, -0.05) is 6.92 Å². The van der Waals surface area contributed by atoms with E-state index in [1.807, 2.05) is 6.92 Å². The summed E-state index contributed by atoms with van der Waals surface area (Å²) in [5.74, 6) is -0.124. The van der Waals surface area contributed by atoms with Crippen LogP contribution in [0.3, 0.4) is 0 Å². The van der Waals surface area contributed by atoms with Crippen molar-refractivity contribution in [2.75, 3.05) is 13.1 Å². The molecule has 2 amide bonds. The molecule has 0 bridgehead atoms. The summed E-state index contributed by atoms with van der Waals surface area (Å²) in [6.07, 6.45) is 0.640. The lowest BCUT2D eigenvalue weighted by Crippen LogP contribution is -2.80. The van der Waals surface area contributed by atoms with Crippen molar-refractivity contribution in [2.45, 2.75) is 24.9 Å². The molecular formula is C8H13N3O2. The first-order valence-corrected chi connectivity index (χ1v) is 4.52. The third kappa shape index (κ3) is 1.11. The summed E-state index contributed by atoms with van der Waals surface area (Å²) in [4.78, 5) is 23.0. The minimum absolute atomic E-state index is 0.0577. The van der Waals surface area contributed by atoms with Crippen molar-refractivity contribution < 1.29 is 9.59 Å². The molecule has 13 heavy (non-hydrogen) atoms. The first kappa shape index (κ1) is 8.50. The van der Waals surface area contributed by atoms with Crippen LogP contribution in [0.1, 0.15) is 13.3 Å². The molecule has 0 aromatic heterocycles. The normalized spacial score (nSPS) is 30.7. The van der Waals surface area contributed by atoms with Gasteiger partial charge < -0.3 is 16.0 Å². The minimum Gasteiger partial charge on any atom is -0.342 e. The Hall–Kier alpha value is -1.10. The molecule has 1 spiro atoms. The number of piperazine rings is 1. The van der Waals surface area contributed by atoms with E-state index in [-0.39, 0.29) is 17.9 Å². The summed E-state index contributed by atoms with van der Waals surface area (Å²) in [5, 5.41) is 8.46. The van der Waals surface area contributed by atoms with Gasteiger partial charge in [-0.3, -0.25) is 9.59 Å². The number of hydrogen-bond acceptors (Lipinski definition) is 3. The van der Waals surface area contributed by atoms with Crippen LogP contribution in [0.4, 0.5) is 0 Å². The van der Waals surface area contributed by atoms with Crippen molar-refractivity contribution in [2.24, 2.45) is 0 Å². The van der Waals surface area contributed by atoms with Crippen molar-refractivity contribution in [1.82, 2.24) is 16.0 Å². The number of amides is 2. The van der Waals surface area contributed by atoms with Gasteiger partial charge in [-0.2, -0.15) is 0 Å². The molecule has 5 nitrogen and oxygen atoms in total. The van der Waals surface area contributed by atoms with E-state index in [2.05, 4.69) is 16.0 Å². The number of carbonyl (C=O) groups excluding carboxylic acids is 2. The van der Waals surface area contributed by atoms with E-state index in [4.69, 9.17) is 0 Å². The SMILES string of the molecule is CCC1NC(=O)C2(CNC2)NC1=O. The largest absolute Gasteiger partial charge is 0.342 e. The van der Waals surface area contributed by atoms with E-state index in [0.717, 1.165) is 0 Å². The lowest BCUT2D eigenvalue weighted by Gasteiger charge is -2.45. The Balaban J connectivity index is 2.13. The summed E-state index contributed by atoms with van der Waals surface area (Å²) in [5.41, 5.74) is -0.650. The van der Waals surface area contributed by atoms with E-state index < -0.39 is 5.54 Å². The predicted molar refractivity (Wildman–Crippen MR) is 46.0 cm³/mol. The van der Waals surface area contributed by atoms with Crippen molar-refractivity contribution in [3.63, 3.8) is 0 Å². The average Bonchev–Trinajstić information content (AvgIpc) is 2.05. The van der Waals surface area contributed by atoms with Crippen molar-refractivity contribution in [3.05, 3.63) is 0 Å². The Morgan fingerprint density at radius 3 is 2.62 bits per heavy atom. The quantitative estimate of drug-likeness (QED) is 0.456. The highest BCUT2D eigenvalue weighted by Crippen LogP contribution is 2.16. The second kappa shape index (κ2) is 2.70. The van der Waals surface area contributed by atoms with Gasteiger partial charge in [0.25, 0.3) is 0 Å². The van der Waals surface area contributed by atoms with Crippen LogP contribution < -0.4 is 16.0 Å². The smallest absolute Gasteiger partial charge is 0.249 e. The molecule has 1 atom stereocenters. The van der Waals surface area contributed by atoms with Crippen LogP contribution >= 0.6 is 0 Å². The molecule has 0 saturated carbocycles. The highest BCUT2D eigenvalue weighted by atomic mass is 16.2. The molecule has 0 radical (unpaired) electrons. The molecule has 2 saturated heterocycles. The van der Waals surface area contributed by atoms with Crippen LogP contribution in [-0.2, 0) is 9.59 Å². The van der Waals surface area contributed by atoms with Gasteiger partial charge in [0, 0.05) is 13.1 Å². The molecular weight excluding hydrogens is 170 g/mol. The molecule has 0 aromatic carbocycles. The second-order valence-electron chi connectivity index (χ2n) is 3.61. The second-order valence-corrected chi connectivity index (χ2v) is 3.61. The Bertz CT molecular complexity index is 260. The average molecular weight is 183 g/mol. The lowest BCUT2D eigenvalue weighted by molar-refractivity contribution is -0.143. The van der Waals surface area contributed by atoms with Crippen LogP contribution in [0.5, 0.6) is 0 Å². The zero-order chi connectivity index (χ0) is 9.47.